The molecule has 5 atom stereocenters. The molecule has 2 aliphatic carbocycles. The number of ether oxygens (including phenoxy) is 2. The maximum atomic E-state index is 14.9. The molecule has 0 spiro atoms. The van der Waals surface area contributed by atoms with Crippen LogP contribution in [0.4, 0.5) is 4.39 Å². The van der Waals surface area contributed by atoms with Gasteiger partial charge in [-0.1, -0.05) is 42.7 Å². The first-order chi connectivity index (χ1) is 28.9. The summed E-state index contributed by atoms with van der Waals surface area (Å²) in [5.74, 6) is -2.50. The first-order valence-electron chi connectivity index (χ1n) is 20.9. The predicted molar refractivity (Wildman–Crippen MR) is 221 cm³/mol. The van der Waals surface area contributed by atoms with E-state index in [0.717, 1.165) is 12.8 Å². The number of halogens is 2. The minimum Gasteiger partial charge on any atom is -0.495 e. The third-order valence-corrected chi connectivity index (χ3v) is 14.6. The summed E-state index contributed by atoms with van der Waals surface area (Å²) in [5, 5.41) is 3.08. The summed E-state index contributed by atoms with van der Waals surface area (Å²) in [6.45, 7) is 0.520. The molecule has 320 valence electrons. The van der Waals surface area contributed by atoms with E-state index in [2.05, 4.69) is 15.0 Å². The Labute approximate surface area is 353 Å². The summed E-state index contributed by atoms with van der Waals surface area (Å²) in [5.41, 5.74) is -0.114. The fourth-order valence-corrected chi connectivity index (χ4v) is 10.4. The van der Waals surface area contributed by atoms with Gasteiger partial charge in [0.25, 0.3) is 5.91 Å². The average molecular weight is 865 g/mol. The number of carbonyl (C=O) groups is 4. The van der Waals surface area contributed by atoms with Crippen molar-refractivity contribution >= 4 is 56.2 Å². The Hall–Kier alpha value is -4.83. The summed E-state index contributed by atoms with van der Waals surface area (Å²) in [4.78, 5) is 69.4. The number of methoxy groups -OCH3 is 1. The molecule has 4 fully saturated rings. The van der Waals surface area contributed by atoms with Crippen molar-refractivity contribution in [2.24, 2.45) is 11.8 Å². The first-order valence-corrected chi connectivity index (χ1v) is 22.8. The number of piperidine rings is 1. The van der Waals surface area contributed by atoms with Gasteiger partial charge in [0.15, 0.2) is 0 Å². The summed E-state index contributed by atoms with van der Waals surface area (Å²) in [7, 11) is -2.42. The molecule has 5 heterocycles. The van der Waals surface area contributed by atoms with Crippen molar-refractivity contribution in [2.75, 3.05) is 26.7 Å². The number of likely N-dealkylation sites (tertiary alicyclic amines) is 1. The molecule has 14 nitrogen and oxygen atoms in total. The fraction of sp³-hybridized carbons (Fsp3) is 0.535. The van der Waals surface area contributed by atoms with Crippen LogP contribution >= 0.6 is 11.6 Å². The van der Waals surface area contributed by atoms with Gasteiger partial charge in [-0.25, -0.2) is 17.8 Å². The Morgan fingerprint density at radius 2 is 1.83 bits per heavy atom. The molecule has 8 rings (SSSR count). The lowest BCUT2D eigenvalue weighted by molar-refractivity contribution is -0.146. The van der Waals surface area contributed by atoms with Gasteiger partial charge in [-0.3, -0.25) is 28.9 Å². The minimum absolute atomic E-state index is 0.0213. The van der Waals surface area contributed by atoms with E-state index in [-0.39, 0.29) is 62.7 Å². The van der Waals surface area contributed by atoms with Crippen molar-refractivity contribution in [1.82, 2.24) is 29.8 Å². The lowest BCUT2D eigenvalue weighted by Gasteiger charge is -2.32. The van der Waals surface area contributed by atoms with Crippen LogP contribution in [0.1, 0.15) is 77.0 Å². The molecule has 1 aromatic carbocycles. The van der Waals surface area contributed by atoms with E-state index in [1.54, 1.807) is 41.4 Å². The number of hydrogen-bond acceptors (Lipinski definition) is 10. The highest BCUT2D eigenvalue weighted by Crippen LogP contribution is 2.46. The highest BCUT2D eigenvalue weighted by Gasteiger charge is 2.62. The highest BCUT2D eigenvalue weighted by atomic mass is 35.5. The molecule has 4 amide bonds. The van der Waals surface area contributed by atoms with Crippen LogP contribution in [0.2, 0.25) is 5.02 Å². The molecule has 2 saturated carbocycles. The van der Waals surface area contributed by atoms with Gasteiger partial charge < -0.3 is 24.6 Å². The van der Waals surface area contributed by atoms with Crippen molar-refractivity contribution in [3.8, 4) is 22.9 Å². The number of alkyl halides is 1. The normalized spacial score (nSPS) is 26.6. The molecule has 0 bridgehead atoms. The van der Waals surface area contributed by atoms with Gasteiger partial charge >= 0.3 is 0 Å². The SMILES string of the molecule is COc1ccc2c(O[C@@H]3C[C@H]4C(=O)N[C@]5(C(=O)NS(=O)(=O)C6CC6)C[C@H]5C=CCCCCC[C@H](CC(=O)N5CCC(F)CC5)C(=O)N4C3)cc(-c3ccccn3)nc2c1Cl. The molecule has 3 aromatic rings. The molecular formula is C43H50ClFN6O8S. The zero-order chi connectivity index (χ0) is 42.2. The lowest BCUT2D eigenvalue weighted by atomic mass is 9.94. The Bertz CT molecular complexity index is 2290. The quantitative estimate of drug-likeness (QED) is 0.269. The second-order valence-electron chi connectivity index (χ2n) is 16.6. The molecule has 5 aliphatic rings. The minimum atomic E-state index is -3.92. The number of pyridine rings is 2. The van der Waals surface area contributed by atoms with E-state index in [4.69, 9.17) is 26.1 Å². The number of sulfonamides is 1. The standard InChI is InChI=1S/C43H50ClFN6O8S/c1-58-35-15-14-31-36(23-33(47-39(31)38(35)44)32-11-7-8-18-46-32)59-29-22-34-40(53)48-43(42(55)49-60(56,57)30-12-13-30)24-27(43)10-6-4-2-3-5-9-26(41(54)51(34)25-29)21-37(52)50-19-16-28(45)17-20-50/h6-8,10-11,14-15,18,23,26-30,34H,2-5,9,12-13,16-17,19-22,24-25H2,1H3,(H,48,53)(H,49,55)/t26-,27-,29-,34+,43-/m1/s1. The molecule has 2 aromatic heterocycles. The number of rotatable bonds is 9. The molecule has 17 heteroatoms. The molecule has 60 heavy (non-hydrogen) atoms. The van der Waals surface area contributed by atoms with Crippen LogP contribution in [0, 0.1) is 11.8 Å². The van der Waals surface area contributed by atoms with E-state index in [1.165, 1.54) is 12.0 Å². The largest absolute Gasteiger partial charge is 0.495 e. The number of hydrogen-bond donors (Lipinski definition) is 2. The Morgan fingerprint density at radius 1 is 1.03 bits per heavy atom. The Morgan fingerprint density at radius 3 is 2.57 bits per heavy atom. The number of amides is 4. The first kappa shape index (κ1) is 41.9. The topological polar surface area (TPSA) is 177 Å². The van der Waals surface area contributed by atoms with E-state index < -0.39 is 68.7 Å². The van der Waals surface area contributed by atoms with E-state index in [0.29, 0.717) is 65.9 Å². The average Bonchev–Trinajstić information content (AvgIpc) is 4.17. The number of allylic oxidation sites excluding steroid dienone is 1. The summed E-state index contributed by atoms with van der Waals surface area (Å²) < 4.78 is 54.3. The van der Waals surface area contributed by atoms with Gasteiger partial charge in [0, 0.05) is 55.4 Å². The zero-order valence-corrected chi connectivity index (χ0v) is 35.1. The number of carbonyl (C=O) groups excluding carboxylic acids is 4. The van der Waals surface area contributed by atoms with Crippen molar-refractivity contribution in [1.29, 1.82) is 0 Å². The van der Waals surface area contributed by atoms with Gasteiger partial charge in [0.05, 0.1) is 35.8 Å². The van der Waals surface area contributed by atoms with Crippen molar-refractivity contribution in [2.45, 2.75) is 106 Å². The van der Waals surface area contributed by atoms with Crippen LogP contribution in [-0.4, -0.2) is 108 Å². The Balaban J connectivity index is 1.13. The van der Waals surface area contributed by atoms with Gasteiger partial charge in [0.2, 0.25) is 27.7 Å². The van der Waals surface area contributed by atoms with Crippen LogP contribution in [0.25, 0.3) is 22.3 Å². The maximum absolute atomic E-state index is 14.9. The van der Waals surface area contributed by atoms with Gasteiger partial charge in [-0.2, -0.15) is 0 Å². The van der Waals surface area contributed by atoms with Crippen LogP contribution in [0.3, 0.4) is 0 Å². The van der Waals surface area contributed by atoms with Crippen molar-refractivity contribution in [3.05, 3.63) is 59.8 Å². The number of aromatic nitrogens is 2. The smallest absolute Gasteiger partial charge is 0.259 e. The number of benzene rings is 1. The molecule has 0 radical (unpaired) electrons. The van der Waals surface area contributed by atoms with E-state index in [9.17, 15) is 32.0 Å². The molecule has 3 aliphatic heterocycles. The third-order valence-electron chi connectivity index (χ3n) is 12.4. The maximum Gasteiger partial charge on any atom is 0.259 e. The lowest BCUT2D eigenvalue weighted by Crippen LogP contribution is -2.57. The van der Waals surface area contributed by atoms with Crippen LogP contribution in [0.15, 0.2) is 54.7 Å². The predicted octanol–water partition coefficient (Wildman–Crippen LogP) is 5.28. The number of fused-ring (bicyclic) bond motifs is 3. The molecule has 0 unspecified atom stereocenters. The van der Waals surface area contributed by atoms with Crippen molar-refractivity contribution in [3.63, 3.8) is 0 Å². The second-order valence-corrected chi connectivity index (χ2v) is 19.0. The van der Waals surface area contributed by atoms with Crippen molar-refractivity contribution < 1.29 is 41.5 Å². The van der Waals surface area contributed by atoms with Gasteiger partial charge in [-0.15, -0.1) is 0 Å². The summed E-state index contributed by atoms with van der Waals surface area (Å²) >= 11 is 6.80. The zero-order valence-electron chi connectivity index (χ0n) is 33.5. The van der Waals surface area contributed by atoms with Crippen LogP contribution in [0.5, 0.6) is 11.5 Å². The highest BCUT2D eigenvalue weighted by molar-refractivity contribution is 7.91. The van der Waals surface area contributed by atoms with Crippen LogP contribution in [-0.2, 0) is 29.2 Å². The monoisotopic (exact) mass is 864 g/mol. The summed E-state index contributed by atoms with van der Waals surface area (Å²) in [6, 6.07) is 9.47. The molecule has 2 N–H and O–H groups in total. The summed E-state index contributed by atoms with van der Waals surface area (Å²) in [6.07, 6.45) is 8.58. The third kappa shape index (κ3) is 8.81. The van der Waals surface area contributed by atoms with E-state index in [1.807, 2.05) is 18.2 Å². The van der Waals surface area contributed by atoms with Crippen LogP contribution < -0.4 is 19.5 Å². The molecular weight excluding hydrogens is 815 g/mol. The Kier molecular flexibility index (Phi) is 12.1. The number of nitrogens with zero attached hydrogens (tertiary/aromatic N) is 4. The number of nitrogens with one attached hydrogen (secondary N) is 2. The fourth-order valence-electron chi connectivity index (χ4n) is 8.71. The van der Waals surface area contributed by atoms with E-state index >= 15 is 0 Å². The second kappa shape index (κ2) is 17.3. The van der Waals surface area contributed by atoms with Gasteiger partial charge in [-0.05, 0) is 75.6 Å². The van der Waals surface area contributed by atoms with Gasteiger partial charge in [0.1, 0.15) is 40.4 Å². The molecule has 2 saturated heterocycles.